The van der Waals surface area contributed by atoms with E-state index in [1.807, 2.05) is 0 Å². The van der Waals surface area contributed by atoms with Gasteiger partial charge in [-0.3, -0.25) is 9.59 Å². The van der Waals surface area contributed by atoms with E-state index >= 15 is 0 Å². The van der Waals surface area contributed by atoms with Crippen molar-refractivity contribution in [3.63, 3.8) is 0 Å². The Morgan fingerprint density at radius 3 is 2.44 bits per heavy atom. The lowest BCUT2D eigenvalue weighted by Crippen LogP contribution is -2.26. The van der Waals surface area contributed by atoms with E-state index in [4.69, 9.17) is 5.14 Å². The van der Waals surface area contributed by atoms with E-state index in [0.717, 1.165) is 5.39 Å². The zero-order valence-electron chi connectivity index (χ0n) is 13.2. The third-order valence-electron chi connectivity index (χ3n) is 3.85. The number of aromatic amines is 1. The van der Waals surface area contributed by atoms with Gasteiger partial charge in [0.2, 0.25) is 10.0 Å². The van der Waals surface area contributed by atoms with Gasteiger partial charge in [0.05, 0.1) is 5.69 Å². The Labute approximate surface area is 143 Å². The Bertz CT molecular complexity index is 1150. The lowest BCUT2D eigenvalue weighted by Gasteiger charge is -2.11. The summed E-state index contributed by atoms with van der Waals surface area (Å²) >= 11 is 0. The molecule has 0 radical (unpaired) electrons. The Hall–Kier alpha value is -2.97. The van der Waals surface area contributed by atoms with Crippen LogP contribution in [0, 0.1) is 6.92 Å². The molecule has 3 aromatic rings. The topological polar surface area (TPSA) is 122 Å². The van der Waals surface area contributed by atoms with Crippen LogP contribution in [0.1, 0.15) is 15.9 Å². The second-order valence-corrected chi connectivity index (χ2v) is 7.02. The molecule has 0 bridgehead atoms. The van der Waals surface area contributed by atoms with Gasteiger partial charge in [0.1, 0.15) is 10.5 Å². The molecule has 0 saturated carbocycles. The van der Waals surface area contributed by atoms with E-state index in [2.05, 4.69) is 10.3 Å². The maximum atomic E-state index is 12.6. The maximum absolute atomic E-state index is 12.6. The standard InChI is InChI=1S/C17H15N3O4S/c1-10-11-6-2-3-7-12(11)19-16(21)15(10)17(22)20-13-8-4-5-9-14(13)25(18,23)24/h2-9H,1H3,(H,19,21)(H,20,22)(H2,18,23,24). The first-order valence-electron chi connectivity index (χ1n) is 7.34. The molecule has 0 fully saturated rings. The van der Waals surface area contributed by atoms with Crippen LogP contribution in [0.3, 0.4) is 0 Å². The molecule has 8 heteroatoms. The molecule has 0 aliphatic heterocycles. The minimum Gasteiger partial charge on any atom is -0.321 e. The Balaban J connectivity index is 2.10. The molecule has 2 aromatic carbocycles. The SMILES string of the molecule is Cc1c(C(=O)Nc2ccccc2S(N)(=O)=O)c(=O)[nH]c2ccccc12. The summed E-state index contributed by atoms with van der Waals surface area (Å²) in [7, 11) is -4.02. The van der Waals surface area contributed by atoms with Crippen molar-refractivity contribution in [1.29, 1.82) is 0 Å². The number of benzene rings is 2. The van der Waals surface area contributed by atoms with Gasteiger partial charge in [-0.05, 0) is 30.7 Å². The third kappa shape index (κ3) is 3.17. The number of aromatic nitrogens is 1. The fourth-order valence-electron chi connectivity index (χ4n) is 2.69. The van der Waals surface area contributed by atoms with Gasteiger partial charge in [0.25, 0.3) is 11.5 Å². The number of pyridine rings is 1. The van der Waals surface area contributed by atoms with Crippen molar-refractivity contribution in [2.24, 2.45) is 5.14 Å². The Morgan fingerprint density at radius 1 is 1.08 bits per heavy atom. The minimum atomic E-state index is -4.02. The number of para-hydroxylation sites is 2. The molecule has 1 aromatic heterocycles. The molecule has 0 unspecified atom stereocenters. The number of H-pyrrole nitrogens is 1. The summed E-state index contributed by atoms with van der Waals surface area (Å²) in [6, 6.07) is 12.8. The van der Waals surface area contributed by atoms with E-state index in [1.165, 1.54) is 18.2 Å². The number of anilines is 1. The number of hydrogen-bond acceptors (Lipinski definition) is 4. The Kier molecular flexibility index (Phi) is 4.15. The van der Waals surface area contributed by atoms with Gasteiger partial charge in [-0.2, -0.15) is 0 Å². The van der Waals surface area contributed by atoms with E-state index in [9.17, 15) is 18.0 Å². The molecule has 128 valence electrons. The number of amides is 1. The number of sulfonamides is 1. The molecule has 0 aliphatic carbocycles. The average molecular weight is 357 g/mol. The van der Waals surface area contributed by atoms with Gasteiger partial charge in [-0.15, -0.1) is 0 Å². The minimum absolute atomic E-state index is 0.0157. The summed E-state index contributed by atoms with van der Waals surface area (Å²) in [6.45, 7) is 1.66. The quantitative estimate of drug-likeness (QED) is 0.661. The summed E-state index contributed by atoms with van der Waals surface area (Å²) in [5.74, 6) is -0.708. The molecular formula is C17H15N3O4S. The highest BCUT2D eigenvalue weighted by Crippen LogP contribution is 2.22. The van der Waals surface area contributed by atoms with Crippen molar-refractivity contribution in [2.45, 2.75) is 11.8 Å². The second kappa shape index (κ2) is 6.15. The van der Waals surface area contributed by atoms with E-state index in [0.29, 0.717) is 11.1 Å². The van der Waals surface area contributed by atoms with E-state index < -0.39 is 21.5 Å². The van der Waals surface area contributed by atoms with Gasteiger partial charge < -0.3 is 10.3 Å². The first-order valence-corrected chi connectivity index (χ1v) is 8.88. The predicted octanol–water partition coefficient (Wildman–Crippen LogP) is 1.74. The van der Waals surface area contributed by atoms with Gasteiger partial charge >= 0.3 is 0 Å². The first kappa shape index (κ1) is 16.9. The molecule has 1 amide bonds. The van der Waals surface area contributed by atoms with Crippen LogP contribution in [0.2, 0.25) is 0 Å². The number of nitrogens with two attached hydrogens (primary N) is 1. The zero-order chi connectivity index (χ0) is 18.2. The van der Waals surface area contributed by atoms with Crippen LogP contribution < -0.4 is 16.0 Å². The van der Waals surface area contributed by atoms with Gasteiger partial charge in [0.15, 0.2) is 0 Å². The van der Waals surface area contributed by atoms with Crippen LogP contribution in [0.5, 0.6) is 0 Å². The number of aryl methyl sites for hydroxylation is 1. The van der Waals surface area contributed by atoms with Crippen LogP contribution >= 0.6 is 0 Å². The summed E-state index contributed by atoms with van der Waals surface area (Å²) in [4.78, 5) is 27.3. The number of primary sulfonamides is 1. The number of carbonyl (C=O) groups excluding carboxylic acids is 1. The molecule has 4 N–H and O–H groups in total. The monoisotopic (exact) mass is 357 g/mol. The molecule has 3 rings (SSSR count). The maximum Gasteiger partial charge on any atom is 0.261 e. The predicted molar refractivity (Wildman–Crippen MR) is 95.1 cm³/mol. The lowest BCUT2D eigenvalue weighted by atomic mass is 10.0. The highest BCUT2D eigenvalue weighted by atomic mass is 32.2. The zero-order valence-corrected chi connectivity index (χ0v) is 14.1. The summed E-state index contributed by atoms with van der Waals surface area (Å²) in [5.41, 5.74) is 0.503. The van der Waals surface area contributed by atoms with Crippen LogP contribution in [0.15, 0.2) is 58.2 Å². The number of carbonyl (C=O) groups is 1. The number of rotatable bonds is 3. The van der Waals surface area contributed by atoms with E-state index in [1.54, 1.807) is 37.3 Å². The van der Waals surface area contributed by atoms with Gasteiger partial charge in [-0.25, -0.2) is 13.6 Å². The molecule has 0 atom stereocenters. The molecule has 0 saturated heterocycles. The molecule has 0 aliphatic rings. The van der Waals surface area contributed by atoms with Gasteiger partial charge in [0, 0.05) is 10.9 Å². The van der Waals surface area contributed by atoms with Crippen LogP contribution in [0.4, 0.5) is 5.69 Å². The summed E-state index contributed by atoms with van der Waals surface area (Å²) in [5, 5.41) is 8.35. The second-order valence-electron chi connectivity index (χ2n) is 5.50. The largest absolute Gasteiger partial charge is 0.321 e. The first-order chi connectivity index (χ1) is 11.8. The van der Waals surface area contributed by atoms with Crippen molar-refractivity contribution in [1.82, 2.24) is 4.98 Å². The molecule has 0 spiro atoms. The van der Waals surface area contributed by atoms with Crippen LogP contribution in [-0.4, -0.2) is 19.3 Å². The lowest BCUT2D eigenvalue weighted by molar-refractivity contribution is 0.102. The molecule has 1 heterocycles. The normalized spacial score (nSPS) is 11.4. The van der Waals surface area contributed by atoms with Crippen molar-refractivity contribution >= 4 is 32.5 Å². The van der Waals surface area contributed by atoms with Crippen LogP contribution in [-0.2, 0) is 10.0 Å². The van der Waals surface area contributed by atoms with Crippen molar-refractivity contribution in [2.75, 3.05) is 5.32 Å². The molecule has 25 heavy (non-hydrogen) atoms. The fourth-order valence-corrected chi connectivity index (χ4v) is 3.38. The summed E-state index contributed by atoms with van der Waals surface area (Å²) in [6.07, 6.45) is 0. The highest BCUT2D eigenvalue weighted by Gasteiger charge is 2.20. The van der Waals surface area contributed by atoms with Gasteiger partial charge in [-0.1, -0.05) is 30.3 Å². The Morgan fingerprint density at radius 2 is 1.72 bits per heavy atom. The van der Waals surface area contributed by atoms with Crippen molar-refractivity contribution < 1.29 is 13.2 Å². The molecular weight excluding hydrogens is 342 g/mol. The number of hydrogen-bond donors (Lipinski definition) is 3. The average Bonchev–Trinajstić information content (AvgIpc) is 2.54. The van der Waals surface area contributed by atoms with Crippen molar-refractivity contribution in [3.05, 3.63) is 70.0 Å². The molecule has 7 nitrogen and oxygen atoms in total. The fraction of sp³-hybridized carbons (Fsp3) is 0.0588. The third-order valence-corrected chi connectivity index (χ3v) is 4.82. The number of fused-ring (bicyclic) bond motifs is 1. The smallest absolute Gasteiger partial charge is 0.261 e. The van der Waals surface area contributed by atoms with Crippen LogP contribution in [0.25, 0.3) is 10.9 Å². The summed E-state index contributed by atoms with van der Waals surface area (Å²) < 4.78 is 23.3. The van der Waals surface area contributed by atoms with Crippen molar-refractivity contribution in [3.8, 4) is 0 Å². The number of nitrogens with one attached hydrogen (secondary N) is 2. The highest BCUT2D eigenvalue weighted by molar-refractivity contribution is 7.89. The van der Waals surface area contributed by atoms with E-state index in [-0.39, 0.29) is 16.1 Å².